The molecule has 0 aliphatic heterocycles. The molecule has 0 unspecified atom stereocenters. The summed E-state index contributed by atoms with van der Waals surface area (Å²) in [4.78, 5) is 4.47. The molecule has 0 heterocycles. The van der Waals surface area contributed by atoms with Crippen LogP contribution in [0, 0.1) is 5.82 Å². The standard InChI is InChI=1S/C17H19ClFN3O.HI/c1-2-20-17(21-10-12-4-3-5-14(18)8-12)22-11-13-6-7-16(23)15(19)9-13;/h3-9,23H,2,10-11H2,1H3,(H2,20,21,22);1H. The van der Waals surface area contributed by atoms with E-state index in [4.69, 9.17) is 11.6 Å². The Labute approximate surface area is 163 Å². The number of halogens is 3. The van der Waals surface area contributed by atoms with Crippen LogP contribution in [-0.4, -0.2) is 17.6 Å². The zero-order valence-electron chi connectivity index (χ0n) is 13.2. The molecule has 0 aromatic heterocycles. The molecule has 2 aromatic rings. The molecule has 0 aliphatic rings. The average molecular weight is 464 g/mol. The van der Waals surface area contributed by atoms with E-state index in [1.807, 2.05) is 31.2 Å². The van der Waals surface area contributed by atoms with Crippen molar-refractivity contribution in [3.8, 4) is 5.75 Å². The van der Waals surface area contributed by atoms with Crippen LogP contribution < -0.4 is 10.6 Å². The highest BCUT2D eigenvalue weighted by atomic mass is 127. The van der Waals surface area contributed by atoms with Gasteiger partial charge >= 0.3 is 0 Å². The summed E-state index contributed by atoms with van der Waals surface area (Å²) < 4.78 is 13.3. The van der Waals surface area contributed by atoms with Crippen molar-refractivity contribution < 1.29 is 9.50 Å². The molecule has 0 radical (unpaired) electrons. The van der Waals surface area contributed by atoms with Gasteiger partial charge in [-0.2, -0.15) is 0 Å². The van der Waals surface area contributed by atoms with Gasteiger partial charge in [-0.1, -0.05) is 29.8 Å². The number of phenolic OH excluding ortho intramolecular Hbond substituents is 1. The second-order valence-electron chi connectivity index (χ2n) is 4.96. The maximum Gasteiger partial charge on any atom is 0.191 e. The highest BCUT2D eigenvalue weighted by molar-refractivity contribution is 14.0. The number of aliphatic imine (C=N–C) groups is 1. The van der Waals surface area contributed by atoms with Gasteiger partial charge in [0, 0.05) is 18.1 Å². The van der Waals surface area contributed by atoms with Gasteiger partial charge in [-0.15, -0.1) is 24.0 Å². The first-order valence-electron chi connectivity index (χ1n) is 7.32. The summed E-state index contributed by atoms with van der Waals surface area (Å²) in [5.74, 6) is -0.360. The molecule has 7 heteroatoms. The largest absolute Gasteiger partial charge is 0.505 e. The molecule has 130 valence electrons. The summed E-state index contributed by atoms with van der Waals surface area (Å²) in [5.41, 5.74) is 1.72. The van der Waals surface area contributed by atoms with Gasteiger partial charge in [0.05, 0.1) is 6.54 Å². The zero-order valence-corrected chi connectivity index (χ0v) is 16.3. The Kier molecular flexibility index (Phi) is 8.84. The lowest BCUT2D eigenvalue weighted by molar-refractivity contribution is 0.431. The molecule has 0 saturated heterocycles. The van der Waals surface area contributed by atoms with Crippen LogP contribution >= 0.6 is 35.6 Å². The van der Waals surface area contributed by atoms with Crippen LogP contribution in [0.15, 0.2) is 47.5 Å². The minimum atomic E-state index is -0.634. The van der Waals surface area contributed by atoms with E-state index < -0.39 is 5.82 Å². The Balaban J connectivity index is 0.00000288. The second kappa shape index (κ2) is 10.4. The monoisotopic (exact) mass is 463 g/mol. The Morgan fingerprint density at radius 3 is 2.62 bits per heavy atom. The molecule has 0 bridgehead atoms. The molecular weight excluding hydrogens is 444 g/mol. The average Bonchev–Trinajstić information content (AvgIpc) is 2.53. The van der Waals surface area contributed by atoms with Crippen molar-refractivity contribution in [2.45, 2.75) is 20.0 Å². The van der Waals surface area contributed by atoms with E-state index in [0.717, 1.165) is 5.56 Å². The molecule has 24 heavy (non-hydrogen) atoms. The van der Waals surface area contributed by atoms with Gasteiger partial charge in [0.25, 0.3) is 0 Å². The normalized spacial score (nSPS) is 10.9. The molecule has 0 atom stereocenters. The van der Waals surface area contributed by atoms with Crippen LogP contribution in [0.5, 0.6) is 5.75 Å². The topological polar surface area (TPSA) is 56.7 Å². The SMILES string of the molecule is CCNC(=NCc1cccc(Cl)c1)NCc1ccc(O)c(F)c1.I. The Morgan fingerprint density at radius 1 is 1.17 bits per heavy atom. The van der Waals surface area contributed by atoms with Gasteiger partial charge < -0.3 is 15.7 Å². The molecule has 4 nitrogen and oxygen atoms in total. The van der Waals surface area contributed by atoms with E-state index in [1.54, 1.807) is 6.07 Å². The van der Waals surface area contributed by atoms with Crippen LogP contribution in [0.3, 0.4) is 0 Å². The molecule has 0 fully saturated rings. The van der Waals surface area contributed by atoms with Crippen LogP contribution in [0.1, 0.15) is 18.1 Å². The molecule has 2 rings (SSSR count). The number of hydrogen-bond donors (Lipinski definition) is 3. The number of nitrogens with zero attached hydrogens (tertiary/aromatic N) is 1. The molecule has 3 N–H and O–H groups in total. The molecule has 2 aromatic carbocycles. The lowest BCUT2D eigenvalue weighted by Crippen LogP contribution is -2.36. The van der Waals surface area contributed by atoms with Crippen LogP contribution in [0.25, 0.3) is 0 Å². The smallest absolute Gasteiger partial charge is 0.191 e. The number of phenols is 1. The van der Waals surface area contributed by atoms with E-state index >= 15 is 0 Å². The zero-order chi connectivity index (χ0) is 16.7. The maximum atomic E-state index is 13.3. The highest BCUT2D eigenvalue weighted by Gasteiger charge is 2.03. The van der Waals surface area contributed by atoms with E-state index in [9.17, 15) is 9.50 Å². The number of aromatic hydroxyl groups is 1. The number of benzene rings is 2. The van der Waals surface area contributed by atoms with Crippen LogP contribution in [-0.2, 0) is 13.1 Å². The van der Waals surface area contributed by atoms with Crippen molar-refractivity contribution in [2.75, 3.05) is 6.54 Å². The third-order valence-corrected chi connectivity index (χ3v) is 3.36. The van der Waals surface area contributed by atoms with Crippen molar-refractivity contribution in [2.24, 2.45) is 4.99 Å². The van der Waals surface area contributed by atoms with Gasteiger partial charge in [0.15, 0.2) is 17.5 Å². The van der Waals surface area contributed by atoms with Crippen molar-refractivity contribution in [1.29, 1.82) is 0 Å². The second-order valence-corrected chi connectivity index (χ2v) is 5.40. The van der Waals surface area contributed by atoms with Gasteiger partial charge in [0.1, 0.15) is 0 Å². The highest BCUT2D eigenvalue weighted by Crippen LogP contribution is 2.16. The lowest BCUT2D eigenvalue weighted by atomic mass is 10.2. The van der Waals surface area contributed by atoms with Gasteiger partial charge in [0.2, 0.25) is 0 Å². The fraction of sp³-hybridized carbons (Fsp3) is 0.235. The molecule has 0 amide bonds. The Bertz CT molecular complexity index is 697. The molecule has 0 aliphatic carbocycles. The quantitative estimate of drug-likeness (QED) is 0.356. The third-order valence-electron chi connectivity index (χ3n) is 3.13. The first-order valence-corrected chi connectivity index (χ1v) is 7.70. The predicted octanol–water partition coefficient (Wildman–Crippen LogP) is 4.06. The van der Waals surface area contributed by atoms with Crippen molar-refractivity contribution >= 4 is 41.5 Å². The van der Waals surface area contributed by atoms with Crippen LogP contribution in [0.2, 0.25) is 5.02 Å². The van der Waals surface area contributed by atoms with Gasteiger partial charge in [-0.25, -0.2) is 9.38 Å². The number of rotatable bonds is 5. The first kappa shape index (κ1) is 20.5. The van der Waals surface area contributed by atoms with Crippen molar-refractivity contribution in [1.82, 2.24) is 10.6 Å². The van der Waals surface area contributed by atoms with Gasteiger partial charge in [-0.3, -0.25) is 0 Å². The molecule has 0 spiro atoms. The van der Waals surface area contributed by atoms with Gasteiger partial charge in [-0.05, 0) is 42.3 Å². The lowest BCUT2D eigenvalue weighted by Gasteiger charge is -2.11. The number of nitrogens with one attached hydrogen (secondary N) is 2. The van der Waals surface area contributed by atoms with Crippen LogP contribution in [0.4, 0.5) is 4.39 Å². The number of guanidine groups is 1. The van der Waals surface area contributed by atoms with Crippen molar-refractivity contribution in [3.05, 3.63) is 64.4 Å². The summed E-state index contributed by atoms with van der Waals surface area (Å²) in [6.45, 7) is 3.57. The summed E-state index contributed by atoms with van der Waals surface area (Å²) in [7, 11) is 0. The van der Waals surface area contributed by atoms with E-state index in [0.29, 0.717) is 36.2 Å². The van der Waals surface area contributed by atoms with E-state index in [2.05, 4.69) is 15.6 Å². The number of hydrogen-bond acceptors (Lipinski definition) is 2. The minimum absolute atomic E-state index is 0. The van der Waals surface area contributed by atoms with Crippen molar-refractivity contribution in [3.63, 3.8) is 0 Å². The summed E-state index contributed by atoms with van der Waals surface area (Å²) in [6, 6.07) is 11.8. The fourth-order valence-corrected chi connectivity index (χ4v) is 2.21. The maximum absolute atomic E-state index is 13.3. The summed E-state index contributed by atoms with van der Waals surface area (Å²) in [5, 5.41) is 16.1. The third kappa shape index (κ3) is 6.52. The molecule has 0 saturated carbocycles. The molecular formula is C17H20ClFIN3O. The summed E-state index contributed by atoms with van der Waals surface area (Å²) >= 11 is 5.95. The first-order chi connectivity index (χ1) is 11.1. The summed E-state index contributed by atoms with van der Waals surface area (Å²) in [6.07, 6.45) is 0. The predicted molar refractivity (Wildman–Crippen MR) is 107 cm³/mol. The Morgan fingerprint density at radius 2 is 1.96 bits per heavy atom. The van der Waals surface area contributed by atoms with E-state index in [-0.39, 0.29) is 29.7 Å². The fourth-order valence-electron chi connectivity index (χ4n) is 1.99. The Hall–Kier alpha value is -1.54. The minimum Gasteiger partial charge on any atom is -0.505 e. The van der Waals surface area contributed by atoms with E-state index in [1.165, 1.54) is 12.1 Å².